The normalized spacial score (nSPS) is 35.3. The Morgan fingerprint density at radius 2 is 2.17 bits per heavy atom. The van der Waals surface area contributed by atoms with Crippen LogP contribution in [0.1, 0.15) is 25.8 Å². The minimum atomic E-state index is -0.199. The van der Waals surface area contributed by atoms with Crippen LogP contribution in [0.15, 0.2) is 18.2 Å². The second-order valence-electron chi connectivity index (χ2n) is 5.19. The highest BCUT2D eigenvalue weighted by Gasteiger charge is 2.56. The molecule has 2 aliphatic rings. The number of ether oxygens (including phenoxy) is 1. The van der Waals surface area contributed by atoms with Crippen molar-refractivity contribution in [3.63, 3.8) is 0 Å². The Morgan fingerprint density at radius 1 is 1.39 bits per heavy atom. The highest BCUT2D eigenvalue weighted by atomic mass is 35.5. The van der Waals surface area contributed by atoms with Gasteiger partial charge in [0.25, 0.3) is 0 Å². The van der Waals surface area contributed by atoms with Crippen LogP contribution in [0.2, 0.25) is 10.0 Å². The molecular weight excluding hydrogens is 269 g/mol. The van der Waals surface area contributed by atoms with Crippen LogP contribution >= 0.6 is 23.2 Å². The lowest BCUT2D eigenvalue weighted by atomic mass is 9.87. The topological polar surface area (TPSA) is 12.5 Å². The number of morpholine rings is 1. The summed E-state index contributed by atoms with van der Waals surface area (Å²) in [6, 6.07) is 6.80. The summed E-state index contributed by atoms with van der Waals surface area (Å²) in [5.74, 6) is 0. The van der Waals surface area contributed by atoms with Crippen molar-refractivity contribution < 1.29 is 4.74 Å². The number of nitrogens with zero attached hydrogens (tertiary/aromatic N) is 1. The Balaban J connectivity index is 2.02. The Hall–Kier alpha value is -0.280. The average molecular weight is 286 g/mol. The molecule has 4 heteroatoms. The van der Waals surface area contributed by atoms with Crippen LogP contribution < -0.4 is 0 Å². The van der Waals surface area contributed by atoms with E-state index in [2.05, 4.69) is 18.7 Å². The summed E-state index contributed by atoms with van der Waals surface area (Å²) < 4.78 is 6.12. The van der Waals surface area contributed by atoms with Crippen molar-refractivity contribution in [2.75, 3.05) is 13.2 Å². The van der Waals surface area contributed by atoms with E-state index in [1.54, 1.807) is 0 Å². The molecule has 0 N–H and O–H groups in total. The predicted octanol–water partition coefficient (Wildman–Crippen LogP) is 3.70. The minimum Gasteiger partial charge on any atom is -0.367 e. The molecule has 2 saturated heterocycles. The first-order valence-corrected chi connectivity index (χ1v) is 7.19. The molecule has 0 spiro atoms. The molecule has 0 saturated carbocycles. The third-order valence-corrected chi connectivity index (χ3v) is 5.23. The Morgan fingerprint density at radius 3 is 2.78 bits per heavy atom. The van der Waals surface area contributed by atoms with Gasteiger partial charge in [-0.1, -0.05) is 36.2 Å². The number of likely N-dealkylation sites (tertiary alicyclic amines) is 1. The van der Waals surface area contributed by atoms with E-state index in [-0.39, 0.29) is 5.60 Å². The highest BCUT2D eigenvalue weighted by Crippen LogP contribution is 2.50. The van der Waals surface area contributed by atoms with Crippen LogP contribution in [0, 0.1) is 0 Å². The smallest absolute Gasteiger partial charge is 0.110 e. The number of halogens is 2. The first-order valence-electron chi connectivity index (χ1n) is 6.43. The van der Waals surface area contributed by atoms with Gasteiger partial charge in [0.1, 0.15) is 5.60 Å². The van der Waals surface area contributed by atoms with E-state index in [4.69, 9.17) is 27.9 Å². The van der Waals surface area contributed by atoms with Gasteiger partial charge in [0.2, 0.25) is 0 Å². The maximum atomic E-state index is 6.14. The maximum Gasteiger partial charge on any atom is 0.110 e. The van der Waals surface area contributed by atoms with E-state index in [1.165, 1.54) is 0 Å². The van der Waals surface area contributed by atoms with Crippen LogP contribution in [0.5, 0.6) is 0 Å². The Bertz CT molecular complexity index is 479. The van der Waals surface area contributed by atoms with Crippen LogP contribution in [0.4, 0.5) is 0 Å². The highest BCUT2D eigenvalue weighted by molar-refractivity contribution is 6.42. The number of benzene rings is 1. The van der Waals surface area contributed by atoms with E-state index in [0.29, 0.717) is 22.1 Å². The third-order valence-electron chi connectivity index (χ3n) is 4.49. The number of rotatable bonds is 2. The van der Waals surface area contributed by atoms with Gasteiger partial charge in [0.15, 0.2) is 0 Å². The lowest BCUT2D eigenvalue weighted by molar-refractivity contribution is -0.0836. The zero-order valence-electron chi connectivity index (χ0n) is 10.6. The number of fused-ring (bicyclic) bond motifs is 2. The number of likely N-dealkylation sites (N-methyl/N-ethyl adjacent to an activating group) is 1. The second kappa shape index (κ2) is 4.38. The largest absolute Gasteiger partial charge is 0.367 e. The molecule has 0 aromatic heterocycles. The molecule has 2 heterocycles. The van der Waals surface area contributed by atoms with Crippen LogP contribution in [0.3, 0.4) is 0 Å². The van der Waals surface area contributed by atoms with Gasteiger partial charge in [-0.15, -0.1) is 0 Å². The fourth-order valence-corrected chi connectivity index (χ4v) is 3.83. The van der Waals surface area contributed by atoms with E-state index in [0.717, 1.165) is 25.1 Å². The van der Waals surface area contributed by atoms with Gasteiger partial charge in [-0.25, -0.2) is 0 Å². The number of hydrogen-bond acceptors (Lipinski definition) is 2. The summed E-state index contributed by atoms with van der Waals surface area (Å²) in [6.07, 6.45) is 1.06. The monoisotopic (exact) mass is 285 g/mol. The van der Waals surface area contributed by atoms with Crippen molar-refractivity contribution in [1.29, 1.82) is 0 Å². The molecule has 2 fully saturated rings. The van der Waals surface area contributed by atoms with Crippen molar-refractivity contribution in [2.24, 2.45) is 0 Å². The van der Waals surface area contributed by atoms with Gasteiger partial charge in [-0.3, -0.25) is 4.90 Å². The van der Waals surface area contributed by atoms with E-state index in [9.17, 15) is 0 Å². The van der Waals surface area contributed by atoms with Crippen molar-refractivity contribution in [2.45, 2.75) is 38.0 Å². The lowest BCUT2D eigenvalue weighted by Crippen LogP contribution is -2.48. The molecule has 2 bridgehead atoms. The number of hydrogen-bond donors (Lipinski definition) is 0. The molecule has 3 atom stereocenters. The molecule has 3 rings (SSSR count). The molecule has 0 amide bonds. The fourth-order valence-electron chi connectivity index (χ4n) is 3.53. The predicted molar refractivity (Wildman–Crippen MR) is 74.3 cm³/mol. The molecule has 2 nitrogen and oxygen atoms in total. The molecule has 3 unspecified atom stereocenters. The summed E-state index contributed by atoms with van der Waals surface area (Å²) in [7, 11) is 0. The molecule has 0 radical (unpaired) electrons. The SMILES string of the molecule is CCN1C2COC(c3ccc(Cl)c(Cl)c3)(C2)C1C. The lowest BCUT2D eigenvalue weighted by Gasteiger charge is -2.39. The van der Waals surface area contributed by atoms with Crippen LogP contribution in [0.25, 0.3) is 0 Å². The van der Waals surface area contributed by atoms with Gasteiger partial charge >= 0.3 is 0 Å². The molecule has 1 aromatic rings. The van der Waals surface area contributed by atoms with E-state index >= 15 is 0 Å². The average Bonchev–Trinajstić information content (AvgIpc) is 2.90. The molecule has 0 aliphatic carbocycles. The zero-order valence-corrected chi connectivity index (χ0v) is 12.1. The second-order valence-corrected chi connectivity index (χ2v) is 6.01. The first kappa shape index (κ1) is 12.7. The summed E-state index contributed by atoms with van der Waals surface area (Å²) >= 11 is 12.1. The minimum absolute atomic E-state index is 0.199. The first-order chi connectivity index (χ1) is 8.58. The summed E-state index contributed by atoms with van der Waals surface area (Å²) in [5.41, 5.74) is 0.956. The molecule has 2 aliphatic heterocycles. The Kier molecular flexibility index (Phi) is 3.10. The summed E-state index contributed by atoms with van der Waals surface area (Å²) in [4.78, 5) is 2.52. The third kappa shape index (κ3) is 1.63. The zero-order chi connectivity index (χ0) is 12.9. The van der Waals surface area contributed by atoms with Gasteiger partial charge in [-0.05, 0) is 37.6 Å². The molecule has 98 valence electrons. The van der Waals surface area contributed by atoms with Gasteiger partial charge in [0.05, 0.1) is 16.7 Å². The van der Waals surface area contributed by atoms with E-state index < -0.39 is 0 Å². The summed E-state index contributed by atoms with van der Waals surface area (Å²) in [6.45, 7) is 6.33. The molecule has 1 aromatic carbocycles. The fraction of sp³-hybridized carbons (Fsp3) is 0.571. The van der Waals surface area contributed by atoms with Crippen LogP contribution in [-0.4, -0.2) is 30.1 Å². The van der Waals surface area contributed by atoms with Crippen LogP contribution in [-0.2, 0) is 10.3 Å². The van der Waals surface area contributed by atoms with Gasteiger partial charge in [-0.2, -0.15) is 0 Å². The summed E-state index contributed by atoms with van der Waals surface area (Å²) in [5, 5.41) is 1.21. The van der Waals surface area contributed by atoms with Crippen molar-refractivity contribution in [3.8, 4) is 0 Å². The maximum absolute atomic E-state index is 6.14. The van der Waals surface area contributed by atoms with E-state index in [1.807, 2.05) is 18.2 Å². The Labute approximate surface area is 118 Å². The van der Waals surface area contributed by atoms with Gasteiger partial charge < -0.3 is 4.74 Å². The molecular formula is C14H17Cl2NO. The molecule has 18 heavy (non-hydrogen) atoms. The quantitative estimate of drug-likeness (QED) is 0.822. The van der Waals surface area contributed by atoms with Gasteiger partial charge in [0, 0.05) is 12.1 Å². The van der Waals surface area contributed by atoms with Crippen molar-refractivity contribution >= 4 is 23.2 Å². The van der Waals surface area contributed by atoms with Crippen molar-refractivity contribution in [3.05, 3.63) is 33.8 Å². The van der Waals surface area contributed by atoms with Crippen molar-refractivity contribution in [1.82, 2.24) is 4.90 Å². The standard InChI is InChI=1S/C14H17Cl2NO/c1-3-17-9(2)14(7-11(17)8-18-14)10-4-5-12(15)13(16)6-10/h4-6,9,11H,3,7-8H2,1-2H3.